The fourth-order valence-corrected chi connectivity index (χ4v) is 3.80. The van der Waals surface area contributed by atoms with Gasteiger partial charge in [0.15, 0.2) is 5.16 Å². The Morgan fingerprint density at radius 1 is 1.00 bits per heavy atom. The Morgan fingerprint density at radius 3 is 2.67 bits per heavy atom. The summed E-state index contributed by atoms with van der Waals surface area (Å²) in [6, 6.07) is 11.8. The van der Waals surface area contributed by atoms with Crippen molar-refractivity contribution in [3.63, 3.8) is 0 Å². The maximum atomic E-state index is 12.3. The van der Waals surface area contributed by atoms with Gasteiger partial charge in [-0.1, -0.05) is 17.8 Å². The Morgan fingerprint density at radius 2 is 1.85 bits per heavy atom. The van der Waals surface area contributed by atoms with Gasteiger partial charge >= 0.3 is 0 Å². The average molecular weight is 376 g/mol. The van der Waals surface area contributed by atoms with Gasteiger partial charge in [0.05, 0.1) is 5.69 Å². The van der Waals surface area contributed by atoms with Gasteiger partial charge in [0.2, 0.25) is 0 Å². The molecule has 27 heavy (non-hydrogen) atoms. The van der Waals surface area contributed by atoms with Gasteiger partial charge in [-0.25, -0.2) is 9.97 Å². The molecule has 0 aliphatic carbocycles. The van der Waals surface area contributed by atoms with Crippen molar-refractivity contribution in [1.29, 1.82) is 0 Å². The first-order valence-electron chi connectivity index (χ1n) is 8.74. The molecule has 0 atom stereocenters. The molecule has 0 aliphatic rings. The van der Waals surface area contributed by atoms with Gasteiger partial charge in [0.25, 0.3) is 5.56 Å². The second kappa shape index (κ2) is 7.04. The van der Waals surface area contributed by atoms with Crippen LogP contribution in [0.4, 0.5) is 0 Å². The second-order valence-electron chi connectivity index (χ2n) is 6.66. The zero-order chi connectivity index (χ0) is 19.0. The lowest BCUT2D eigenvalue weighted by molar-refractivity contribution is 0.891. The van der Waals surface area contributed by atoms with Crippen molar-refractivity contribution in [1.82, 2.24) is 18.9 Å². The molecule has 0 saturated heterocycles. The molecule has 3 aromatic heterocycles. The van der Waals surface area contributed by atoms with Crippen LogP contribution in [0.5, 0.6) is 0 Å². The van der Waals surface area contributed by atoms with Crippen LogP contribution in [0.15, 0.2) is 64.9 Å². The third-order valence-corrected chi connectivity index (χ3v) is 5.60. The number of aryl methyl sites for hydroxylation is 3. The number of fused-ring (bicyclic) bond motifs is 1. The summed E-state index contributed by atoms with van der Waals surface area (Å²) in [5.74, 6) is 0.585. The zero-order valence-electron chi connectivity index (χ0n) is 15.5. The molecule has 0 unspecified atom stereocenters. The minimum absolute atomic E-state index is 0.0619. The number of hydrogen-bond acceptors (Lipinski definition) is 4. The number of aromatic nitrogens is 4. The number of imidazole rings is 1. The monoisotopic (exact) mass is 376 g/mol. The van der Waals surface area contributed by atoms with Crippen molar-refractivity contribution < 1.29 is 0 Å². The van der Waals surface area contributed by atoms with E-state index in [-0.39, 0.29) is 5.56 Å². The van der Waals surface area contributed by atoms with Crippen molar-refractivity contribution in [2.24, 2.45) is 0 Å². The third kappa shape index (κ3) is 3.53. The molecule has 0 radical (unpaired) electrons. The molecule has 0 saturated carbocycles. The number of nitrogens with zero attached hydrogens (tertiary/aromatic N) is 4. The predicted octanol–water partition coefficient (Wildman–Crippen LogP) is 4.10. The van der Waals surface area contributed by atoms with Gasteiger partial charge in [-0.15, -0.1) is 0 Å². The minimum atomic E-state index is -0.0619. The molecule has 0 fully saturated rings. The SMILES string of the molecule is Cc1ccn2c(=O)cc(CSc3nccn3-c3ccc(C)c(C)c3)nc2c1. The molecule has 0 bridgehead atoms. The quantitative estimate of drug-likeness (QED) is 0.503. The molecule has 0 N–H and O–H groups in total. The highest BCUT2D eigenvalue weighted by Gasteiger charge is 2.09. The highest BCUT2D eigenvalue weighted by molar-refractivity contribution is 7.98. The third-order valence-electron chi connectivity index (χ3n) is 4.60. The van der Waals surface area contributed by atoms with Gasteiger partial charge in [-0.3, -0.25) is 13.8 Å². The Kier molecular flexibility index (Phi) is 4.58. The molecule has 4 rings (SSSR count). The highest BCUT2D eigenvalue weighted by Crippen LogP contribution is 2.24. The van der Waals surface area contributed by atoms with Crippen molar-refractivity contribution in [3.05, 3.63) is 87.7 Å². The van der Waals surface area contributed by atoms with E-state index in [9.17, 15) is 4.79 Å². The number of pyridine rings is 1. The van der Waals surface area contributed by atoms with E-state index in [2.05, 4.69) is 46.6 Å². The predicted molar refractivity (Wildman–Crippen MR) is 109 cm³/mol. The molecule has 0 aliphatic heterocycles. The van der Waals surface area contributed by atoms with Crippen LogP contribution in [0.25, 0.3) is 11.3 Å². The van der Waals surface area contributed by atoms with Crippen LogP contribution < -0.4 is 5.56 Å². The van der Waals surface area contributed by atoms with E-state index in [0.29, 0.717) is 11.4 Å². The van der Waals surface area contributed by atoms with Crippen molar-refractivity contribution in [2.45, 2.75) is 31.7 Å². The van der Waals surface area contributed by atoms with E-state index >= 15 is 0 Å². The summed E-state index contributed by atoms with van der Waals surface area (Å²) in [4.78, 5) is 21.4. The van der Waals surface area contributed by atoms with Crippen LogP contribution in [-0.4, -0.2) is 18.9 Å². The minimum Gasteiger partial charge on any atom is -0.295 e. The molecule has 3 heterocycles. The smallest absolute Gasteiger partial charge is 0.258 e. The van der Waals surface area contributed by atoms with E-state index in [1.54, 1.807) is 34.6 Å². The Labute approximate surface area is 161 Å². The molecule has 4 aromatic rings. The summed E-state index contributed by atoms with van der Waals surface area (Å²) >= 11 is 1.57. The summed E-state index contributed by atoms with van der Waals surface area (Å²) in [7, 11) is 0. The Balaban J connectivity index is 1.61. The normalized spacial score (nSPS) is 11.2. The largest absolute Gasteiger partial charge is 0.295 e. The Bertz CT molecular complexity index is 1190. The standard InChI is InChI=1S/C21H20N4OS/c1-14-6-8-25-19(10-14)23-17(12-20(25)26)13-27-21-22-7-9-24(21)18-5-4-15(2)16(3)11-18/h4-12H,13H2,1-3H3. The molecule has 0 amide bonds. The lowest BCUT2D eigenvalue weighted by atomic mass is 10.1. The summed E-state index contributed by atoms with van der Waals surface area (Å²) < 4.78 is 3.63. The van der Waals surface area contributed by atoms with Crippen LogP contribution >= 0.6 is 11.8 Å². The second-order valence-corrected chi connectivity index (χ2v) is 7.60. The van der Waals surface area contributed by atoms with Crippen LogP contribution in [0.3, 0.4) is 0 Å². The number of thioether (sulfide) groups is 1. The summed E-state index contributed by atoms with van der Waals surface area (Å²) in [5.41, 5.74) is 6.05. The molecule has 136 valence electrons. The number of rotatable bonds is 4. The lowest BCUT2D eigenvalue weighted by Gasteiger charge is -2.10. The van der Waals surface area contributed by atoms with E-state index in [1.807, 2.05) is 25.3 Å². The van der Waals surface area contributed by atoms with Crippen LogP contribution in [0, 0.1) is 20.8 Å². The fourth-order valence-electron chi connectivity index (χ4n) is 2.93. The molecular weight excluding hydrogens is 356 g/mol. The molecule has 0 spiro atoms. The fraction of sp³-hybridized carbons (Fsp3) is 0.190. The van der Waals surface area contributed by atoms with E-state index < -0.39 is 0 Å². The van der Waals surface area contributed by atoms with Gasteiger partial charge < -0.3 is 0 Å². The van der Waals surface area contributed by atoms with Gasteiger partial charge in [-0.05, 0) is 61.7 Å². The molecule has 6 heteroatoms. The van der Waals surface area contributed by atoms with Crippen LogP contribution in [0.2, 0.25) is 0 Å². The topological polar surface area (TPSA) is 52.2 Å². The zero-order valence-corrected chi connectivity index (χ0v) is 16.3. The number of hydrogen-bond donors (Lipinski definition) is 0. The summed E-state index contributed by atoms with van der Waals surface area (Å²) in [6.07, 6.45) is 5.52. The molecule has 1 aromatic carbocycles. The lowest BCUT2D eigenvalue weighted by Crippen LogP contribution is -2.15. The van der Waals surface area contributed by atoms with Crippen LogP contribution in [-0.2, 0) is 5.75 Å². The van der Waals surface area contributed by atoms with Gasteiger partial charge in [0, 0.05) is 36.1 Å². The first kappa shape index (κ1) is 17.5. The maximum Gasteiger partial charge on any atom is 0.258 e. The van der Waals surface area contributed by atoms with E-state index in [1.165, 1.54) is 11.1 Å². The molecule has 5 nitrogen and oxygen atoms in total. The maximum absolute atomic E-state index is 12.3. The van der Waals surface area contributed by atoms with Crippen molar-refractivity contribution in [2.75, 3.05) is 0 Å². The van der Waals surface area contributed by atoms with Crippen molar-refractivity contribution >= 4 is 17.4 Å². The Hall–Kier alpha value is -2.86. The average Bonchev–Trinajstić information content (AvgIpc) is 3.10. The summed E-state index contributed by atoms with van der Waals surface area (Å²) in [5, 5.41) is 0.879. The van der Waals surface area contributed by atoms with Gasteiger partial charge in [0.1, 0.15) is 5.65 Å². The first-order valence-corrected chi connectivity index (χ1v) is 9.72. The highest BCUT2D eigenvalue weighted by atomic mass is 32.2. The summed E-state index contributed by atoms with van der Waals surface area (Å²) in [6.45, 7) is 6.21. The first-order chi connectivity index (χ1) is 13.0. The van der Waals surface area contributed by atoms with Crippen molar-refractivity contribution in [3.8, 4) is 5.69 Å². The molecular formula is C21H20N4OS. The van der Waals surface area contributed by atoms with E-state index in [4.69, 9.17) is 0 Å². The van der Waals surface area contributed by atoms with Gasteiger partial charge in [-0.2, -0.15) is 0 Å². The number of benzene rings is 1. The van der Waals surface area contributed by atoms with Crippen LogP contribution in [0.1, 0.15) is 22.4 Å². The van der Waals surface area contributed by atoms with E-state index in [0.717, 1.165) is 22.1 Å².